The van der Waals surface area contributed by atoms with Gasteiger partial charge in [-0.3, -0.25) is 0 Å². The van der Waals surface area contributed by atoms with Gasteiger partial charge in [0.15, 0.2) is 0 Å². The molecule has 2 atom stereocenters. The number of hydrogen-bond donors (Lipinski definition) is 1. The molecule has 1 aliphatic heterocycles. The van der Waals surface area contributed by atoms with Gasteiger partial charge in [0.1, 0.15) is 17.5 Å². The van der Waals surface area contributed by atoms with Crippen LogP contribution in [0, 0.1) is 19.8 Å². The predicted octanol–water partition coefficient (Wildman–Crippen LogP) is 3.68. The SMILES string of the molecule is CCCNc1nc(C)nc(N2CCCC3CCCC32)c1C. The lowest BCUT2D eigenvalue weighted by Crippen LogP contribution is -2.43. The maximum atomic E-state index is 4.80. The Bertz CT molecular complexity index is 500. The first-order valence-corrected chi connectivity index (χ1v) is 8.56. The molecule has 0 amide bonds. The van der Waals surface area contributed by atoms with Crippen molar-refractivity contribution in [2.75, 3.05) is 23.3 Å². The Morgan fingerprint density at radius 2 is 1.95 bits per heavy atom. The number of hydrogen-bond acceptors (Lipinski definition) is 4. The lowest BCUT2D eigenvalue weighted by molar-refractivity contribution is 0.360. The Labute approximate surface area is 128 Å². The lowest BCUT2D eigenvalue weighted by atomic mass is 9.91. The van der Waals surface area contributed by atoms with E-state index in [1.54, 1.807) is 0 Å². The molecule has 1 aromatic rings. The van der Waals surface area contributed by atoms with Crippen molar-refractivity contribution in [1.29, 1.82) is 0 Å². The minimum absolute atomic E-state index is 0.714. The predicted molar refractivity (Wildman–Crippen MR) is 88.0 cm³/mol. The van der Waals surface area contributed by atoms with Crippen molar-refractivity contribution in [2.45, 2.75) is 65.3 Å². The number of nitrogens with one attached hydrogen (secondary N) is 1. The summed E-state index contributed by atoms with van der Waals surface area (Å²) in [4.78, 5) is 12.0. The second kappa shape index (κ2) is 6.20. The van der Waals surface area contributed by atoms with Crippen LogP contribution in [0.3, 0.4) is 0 Å². The van der Waals surface area contributed by atoms with Gasteiger partial charge in [0.25, 0.3) is 0 Å². The molecule has 0 aromatic carbocycles. The van der Waals surface area contributed by atoms with Gasteiger partial charge in [-0.05, 0) is 51.9 Å². The third-order valence-electron chi connectivity index (χ3n) is 5.04. The van der Waals surface area contributed by atoms with E-state index in [0.29, 0.717) is 6.04 Å². The van der Waals surface area contributed by atoms with Gasteiger partial charge in [0, 0.05) is 24.7 Å². The van der Waals surface area contributed by atoms with Crippen LogP contribution < -0.4 is 10.2 Å². The van der Waals surface area contributed by atoms with Gasteiger partial charge in [-0.2, -0.15) is 0 Å². The molecule has 21 heavy (non-hydrogen) atoms. The topological polar surface area (TPSA) is 41.1 Å². The van der Waals surface area contributed by atoms with Crippen LogP contribution in [0.4, 0.5) is 11.6 Å². The van der Waals surface area contributed by atoms with Crippen LogP contribution in [-0.2, 0) is 0 Å². The van der Waals surface area contributed by atoms with Crippen molar-refractivity contribution in [3.8, 4) is 0 Å². The van der Waals surface area contributed by atoms with Crippen LogP contribution in [0.15, 0.2) is 0 Å². The Morgan fingerprint density at radius 1 is 1.14 bits per heavy atom. The summed E-state index contributed by atoms with van der Waals surface area (Å²) in [6.45, 7) is 8.50. The molecule has 3 rings (SSSR count). The summed E-state index contributed by atoms with van der Waals surface area (Å²) in [5.74, 6) is 3.98. The van der Waals surface area contributed by atoms with Crippen molar-refractivity contribution in [2.24, 2.45) is 5.92 Å². The van der Waals surface area contributed by atoms with E-state index in [1.165, 1.54) is 43.5 Å². The Balaban J connectivity index is 1.91. The molecular formula is C17H28N4. The van der Waals surface area contributed by atoms with E-state index in [1.807, 2.05) is 6.92 Å². The van der Waals surface area contributed by atoms with Gasteiger partial charge < -0.3 is 10.2 Å². The quantitative estimate of drug-likeness (QED) is 0.917. The molecule has 2 aliphatic rings. The van der Waals surface area contributed by atoms with E-state index >= 15 is 0 Å². The van der Waals surface area contributed by atoms with Crippen LogP contribution in [0.1, 0.15) is 56.8 Å². The van der Waals surface area contributed by atoms with Gasteiger partial charge in [-0.15, -0.1) is 0 Å². The largest absolute Gasteiger partial charge is 0.370 e. The van der Waals surface area contributed by atoms with Crippen molar-refractivity contribution < 1.29 is 0 Å². The van der Waals surface area contributed by atoms with Crippen molar-refractivity contribution in [3.63, 3.8) is 0 Å². The molecule has 4 heteroatoms. The monoisotopic (exact) mass is 288 g/mol. The van der Waals surface area contributed by atoms with Gasteiger partial charge in [0.2, 0.25) is 0 Å². The van der Waals surface area contributed by atoms with Crippen LogP contribution in [0.5, 0.6) is 0 Å². The second-order valence-corrected chi connectivity index (χ2v) is 6.59. The number of aryl methyl sites for hydroxylation is 1. The number of aromatic nitrogens is 2. The van der Waals surface area contributed by atoms with Crippen LogP contribution in [0.2, 0.25) is 0 Å². The van der Waals surface area contributed by atoms with E-state index in [9.17, 15) is 0 Å². The Hall–Kier alpha value is -1.32. The standard InChI is InChI=1S/C17H28N4/c1-4-10-18-16-12(2)17(20-13(3)19-16)21-11-6-8-14-7-5-9-15(14)21/h14-15H,4-11H2,1-3H3,(H,18,19,20). The Morgan fingerprint density at radius 3 is 2.76 bits per heavy atom. The summed E-state index contributed by atoms with van der Waals surface area (Å²) in [5.41, 5.74) is 1.22. The molecule has 116 valence electrons. The number of nitrogens with zero attached hydrogens (tertiary/aromatic N) is 3. The number of rotatable bonds is 4. The highest BCUT2D eigenvalue weighted by Crippen LogP contribution is 2.40. The van der Waals surface area contributed by atoms with Crippen LogP contribution in [0.25, 0.3) is 0 Å². The first kappa shape index (κ1) is 14.6. The molecule has 0 radical (unpaired) electrons. The first-order valence-electron chi connectivity index (χ1n) is 8.56. The second-order valence-electron chi connectivity index (χ2n) is 6.59. The van der Waals surface area contributed by atoms with Crippen LogP contribution in [-0.4, -0.2) is 29.1 Å². The molecule has 1 N–H and O–H groups in total. The minimum Gasteiger partial charge on any atom is -0.370 e. The molecule has 0 bridgehead atoms. The molecule has 2 heterocycles. The molecule has 1 aliphatic carbocycles. The summed E-state index contributed by atoms with van der Waals surface area (Å²) in [6, 6.07) is 0.714. The summed E-state index contributed by atoms with van der Waals surface area (Å²) in [6.07, 6.45) is 7.96. The third kappa shape index (κ3) is 2.85. The normalized spacial score (nSPS) is 25.0. The Kier molecular flexibility index (Phi) is 4.32. The third-order valence-corrected chi connectivity index (χ3v) is 5.04. The molecule has 4 nitrogen and oxygen atoms in total. The maximum absolute atomic E-state index is 4.80. The highest BCUT2D eigenvalue weighted by molar-refractivity contribution is 5.59. The van der Waals surface area contributed by atoms with E-state index in [4.69, 9.17) is 4.98 Å². The molecule has 2 unspecified atom stereocenters. The lowest BCUT2D eigenvalue weighted by Gasteiger charge is -2.39. The molecule has 1 saturated carbocycles. The van der Waals surface area contributed by atoms with Crippen LogP contribution >= 0.6 is 0 Å². The van der Waals surface area contributed by atoms with Crippen molar-refractivity contribution in [1.82, 2.24) is 9.97 Å². The van der Waals surface area contributed by atoms with Crippen molar-refractivity contribution >= 4 is 11.6 Å². The van der Waals surface area contributed by atoms with E-state index in [-0.39, 0.29) is 0 Å². The average Bonchev–Trinajstić information content (AvgIpc) is 2.96. The summed E-state index contributed by atoms with van der Waals surface area (Å²) >= 11 is 0. The molecular weight excluding hydrogens is 260 g/mol. The number of fused-ring (bicyclic) bond motifs is 1. The zero-order valence-corrected chi connectivity index (χ0v) is 13.7. The molecule has 1 saturated heterocycles. The number of anilines is 2. The van der Waals surface area contributed by atoms with E-state index in [0.717, 1.165) is 37.1 Å². The van der Waals surface area contributed by atoms with E-state index < -0.39 is 0 Å². The highest BCUT2D eigenvalue weighted by atomic mass is 15.2. The fourth-order valence-corrected chi connectivity index (χ4v) is 4.03. The first-order chi connectivity index (χ1) is 10.2. The van der Waals surface area contributed by atoms with Gasteiger partial charge in [-0.1, -0.05) is 13.3 Å². The number of piperidine rings is 1. The molecule has 1 aromatic heterocycles. The zero-order chi connectivity index (χ0) is 14.8. The fraction of sp³-hybridized carbons (Fsp3) is 0.765. The molecule has 0 spiro atoms. The van der Waals surface area contributed by atoms with Gasteiger partial charge >= 0.3 is 0 Å². The van der Waals surface area contributed by atoms with E-state index in [2.05, 4.69) is 29.0 Å². The summed E-state index contributed by atoms with van der Waals surface area (Å²) in [5, 5.41) is 3.46. The average molecular weight is 288 g/mol. The van der Waals surface area contributed by atoms with Gasteiger partial charge in [0.05, 0.1) is 0 Å². The minimum atomic E-state index is 0.714. The summed E-state index contributed by atoms with van der Waals surface area (Å²) < 4.78 is 0. The fourth-order valence-electron chi connectivity index (χ4n) is 4.03. The van der Waals surface area contributed by atoms with Crippen molar-refractivity contribution in [3.05, 3.63) is 11.4 Å². The summed E-state index contributed by atoms with van der Waals surface area (Å²) in [7, 11) is 0. The zero-order valence-electron chi connectivity index (χ0n) is 13.7. The highest BCUT2D eigenvalue weighted by Gasteiger charge is 2.36. The van der Waals surface area contributed by atoms with Gasteiger partial charge in [-0.25, -0.2) is 9.97 Å². The molecule has 2 fully saturated rings. The smallest absolute Gasteiger partial charge is 0.137 e. The maximum Gasteiger partial charge on any atom is 0.137 e.